The molecule has 9 rings (SSSR count). The summed E-state index contributed by atoms with van der Waals surface area (Å²) in [5.41, 5.74) is 12.1. The molecule has 1 aromatic heterocycles. The highest BCUT2D eigenvalue weighted by atomic mass is 32.2. The third kappa shape index (κ3) is 12.2. The van der Waals surface area contributed by atoms with Crippen LogP contribution in [0.1, 0.15) is 147 Å². The molecule has 0 unspecified atom stereocenters. The van der Waals surface area contributed by atoms with Crippen LogP contribution in [0.25, 0.3) is 44.1 Å². The van der Waals surface area contributed by atoms with E-state index in [2.05, 4.69) is 157 Å². The number of nitrogens with zero attached hydrogens (tertiary/aromatic N) is 2. The van der Waals surface area contributed by atoms with Crippen molar-refractivity contribution in [2.45, 2.75) is 148 Å². The maximum Gasteiger partial charge on any atom is 0.214 e. The number of benzene rings is 6. The van der Waals surface area contributed by atoms with Crippen LogP contribution in [0.15, 0.2) is 162 Å². The van der Waals surface area contributed by atoms with Crippen LogP contribution in [0.5, 0.6) is 0 Å². The van der Waals surface area contributed by atoms with Crippen LogP contribution in [-0.2, 0) is 23.1 Å². The zero-order valence-electron chi connectivity index (χ0n) is 42.1. The lowest BCUT2D eigenvalue weighted by molar-refractivity contribution is -0.436. The summed E-state index contributed by atoms with van der Waals surface area (Å²) in [6.45, 7) is 8.89. The Morgan fingerprint density at radius 1 is 0.600 bits per heavy atom. The molecule has 0 atom stereocenters. The molecule has 0 saturated carbocycles. The molecule has 0 fully saturated rings. The van der Waals surface area contributed by atoms with Gasteiger partial charge in [-0.15, -0.1) is 0 Å². The highest BCUT2D eigenvalue weighted by Gasteiger charge is 2.30. The largest absolute Gasteiger partial charge is 0.744 e. The van der Waals surface area contributed by atoms with Gasteiger partial charge in [0.2, 0.25) is 11.4 Å². The molecule has 364 valence electrons. The Hall–Kier alpha value is -5.82. The first-order valence-electron chi connectivity index (χ1n) is 26.7. The van der Waals surface area contributed by atoms with Crippen LogP contribution < -0.4 is 5.35 Å². The van der Waals surface area contributed by atoms with Crippen LogP contribution in [0.4, 0.5) is 5.69 Å². The van der Waals surface area contributed by atoms with Gasteiger partial charge in [0, 0.05) is 46.7 Å². The molecular weight excluding hydrogens is 877 g/mol. The highest BCUT2D eigenvalue weighted by molar-refractivity contribution is 7.85. The second-order valence-electron chi connectivity index (χ2n) is 19.5. The van der Waals surface area contributed by atoms with Gasteiger partial charge < -0.3 is 9.12 Å². The molecule has 0 bridgehead atoms. The van der Waals surface area contributed by atoms with E-state index in [1.54, 1.807) is 12.1 Å². The van der Waals surface area contributed by atoms with Crippen molar-refractivity contribution in [3.63, 3.8) is 0 Å². The van der Waals surface area contributed by atoms with E-state index in [1.165, 1.54) is 173 Å². The molecule has 70 heavy (non-hydrogen) atoms. The molecule has 7 aromatic rings. The SMILES string of the molecule is CCCCCCCCCCCCc1ccc(S(=O)(=O)[O-])cc1.CCCCn1c(=CC=C2CCCC(C=CC3=[N+](CCCC)c4cccc5cccc3c45)=C2c2ccccc2)c2cccc3cccc1c32. The number of rotatable bonds is 22. The van der Waals surface area contributed by atoms with Crippen molar-refractivity contribution in [1.29, 1.82) is 0 Å². The summed E-state index contributed by atoms with van der Waals surface area (Å²) in [7, 11) is -4.31. The topological polar surface area (TPSA) is 65.1 Å². The van der Waals surface area contributed by atoms with Gasteiger partial charge in [0.15, 0.2) is 0 Å². The molecule has 1 aliphatic heterocycles. The summed E-state index contributed by atoms with van der Waals surface area (Å²) in [4.78, 5) is -0.140. The average Bonchev–Trinajstić information content (AvgIpc) is 3.86. The van der Waals surface area contributed by atoms with E-state index in [1.807, 2.05) is 0 Å². The minimum atomic E-state index is -4.31. The monoisotopic (exact) mass is 951 g/mol. The third-order valence-electron chi connectivity index (χ3n) is 14.5. The molecular formula is C64H74N2O3S. The number of allylic oxidation sites excluding steroid dienone is 6. The van der Waals surface area contributed by atoms with Crippen LogP contribution in [0.2, 0.25) is 0 Å². The van der Waals surface area contributed by atoms with E-state index in [9.17, 15) is 13.0 Å². The number of hydrogen-bond acceptors (Lipinski definition) is 3. The predicted octanol–water partition coefficient (Wildman–Crippen LogP) is 16.4. The molecule has 6 heteroatoms. The molecule has 6 aromatic carbocycles. The lowest BCUT2D eigenvalue weighted by Crippen LogP contribution is -2.16. The van der Waals surface area contributed by atoms with E-state index in [-0.39, 0.29) is 4.90 Å². The van der Waals surface area contributed by atoms with Crippen LogP contribution in [0, 0.1) is 0 Å². The number of hydrogen-bond donors (Lipinski definition) is 0. The van der Waals surface area contributed by atoms with Crippen molar-refractivity contribution >= 4 is 65.6 Å². The fourth-order valence-corrected chi connectivity index (χ4v) is 11.2. The standard InChI is InChI=1S/C46H45N2.C18H30O3S/c1-3-5-31-47-40(38-23-11-19-34-21-13-25-42(47)45(34)38)29-27-36-17-10-18-37(44(36)33-15-8-7-9-16-33)28-30-41-39-24-12-20-35-22-14-26-43(46(35)39)48(41)32-6-4-2;1-2-3-4-5-6-7-8-9-10-11-12-17-13-15-18(16-14-17)22(19,20)21/h7-9,11-16,19-30H,3-6,10,17-18,31-32H2,1-2H3;13-16H,2-12H2,1H3,(H,19,20,21)/q+1;/p-1. The van der Waals surface area contributed by atoms with E-state index >= 15 is 0 Å². The van der Waals surface area contributed by atoms with Gasteiger partial charge in [-0.3, -0.25) is 0 Å². The minimum absolute atomic E-state index is 0.140. The van der Waals surface area contributed by atoms with Crippen molar-refractivity contribution < 1.29 is 17.5 Å². The fourth-order valence-electron chi connectivity index (χ4n) is 10.8. The molecule has 2 aliphatic rings. The van der Waals surface area contributed by atoms with Gasteiger partial charge in [-0.2, -0.15) is 4.58 Å². The van der Waals surface area contributed by atoms with E-state index in [0.29, 0.717) is 0 Å². The highest BCUT2D eigenvalue weighted by Crippen LogP contribution is 2.39. The van der Waals surface area contributed by atoms with Gasteiger partial charge in [0.05, 0.1) is 15.8 Å². The quantitative estimate of drug-likeness (QED) is 0.0386. The summed E-state index contributed by atoms with van der Waals surface area (Å²) in [5, 5.41) is 8.13. The molecule has 0 N–H and O–H groups in total. The first-order chi connectivity index (χ1) is 34.3. The molecule has 0 radical (unpaired) electrons. The first kappa shape index (κ1) is 50.6. The molecule has 1 aliphatic carbocycles. The fraction of sp³-hybridized carbons (Fsp3) is 0.359. The molecule has 5 nitrogen and oxygen atoms in total. The molecule has 0 saturated heterocycles. The Kier molecular flexibility index (Phi) is 17.9. The first-order valence-corrected chi connectivity index (χ1v) is 28.1. The third-order valence-corrected chi connectivity index (χ3v) is 15.3. The summed E-state index contributed by atoms with van der Waals surface area (Å²) in [6.07, 6.45) is 31.8. The van der Waals surface area contributed by atoms with Gasteiger partial charge in [0.25, 0.3) is 0 Å². The molecule has 0 amide bonds. The predicted molar refractivity (Wildman–Crippen MR) is 296 cm³/mol. The van der Waals surface area contributed by atoms with Crippen molar-refractivity contribution in [3.8, 4) is 0 Å². The normalized spacial score (nSPS) is 14.9. The summed E-state index contributed by atoms with van der Waals surface area (Å²) >= 11 is 0. The number of unbranched alkanes of at least 4 members (excludes halogenated alkanes) is 11. The summed E-state index contributed by atoms with van der Waals surface area (Å²) in [6, 6.07) is 44.5. The van der Waals surface area contributed by atoms with Crippen LogP contribution in [0.3, 0.4) is 0 Å². The Morgan fingerprint density at radius 3 is 1.94 bits per heavy atom. The molecule has 2 heterocycles. The van der Waals surface area contributed by atoms with E-state index < -0.39 is 10.1 Å². The Labute approximate surface area is 418 Å². The van der Waals surface area contributed by atoms with Crippen LogP contribution in [-0.4, -0.2) is 34.4 Å². The second kappa shape index (κ2) is 24.8. The van der Waals surface area contributed by atoms with Crippen molar-refractivity contribution in [3.05, 3.63) is 179 Å². The summed E-state index contributed by atoms with van der Waals surface area (Å²) < 4.78 is 37.6. The lowest BCUT2D eigenvalue weighted by atomic mass is 9.82. The van der Waals surface area contributed by atoms with Crippen molar-refractivity contribution in [1.82, 2.24) is 4.57 Å². The Balaban J connectivity index is 0.000000253. The maximum atomic E-state index is 10.8. The van der Waals surface area contributed by atoms with Gasteiger partial charge in [-0.25, -0.2) is 8.42 Å². The molecule has 0 spiro atoms. The minimum Gasteiger partial charge on any atom is -0.744 e. The smallest absolute Gasteiger partial charge is 0.214 e. The van der Waals surface area contributed by atoms with Gasteiger partial charge in [0.1, 0.15) is 16.7 Å². The zero-order valence-corrected chi connectivity index (χ0v) is 42.9. The maximum absolute atomic E-state index is 10.8. The number of aryl methyl sites for hydroxylation is 2. The average molecular weight is 951 g/mol. The Bertz CT molecular complexity index is 3140. The van der Waals surface area contributed by atoms with E-state index in [0.717, 1.165) is 50.8 Å². The number of aromatic nitrogens is 1. The van der Waals surface area contributed by atoms with Crippen LogP contribution >= 0.6 is 0 Å². The van der Waals surface area contributed by atoms with Gasteiger partial charge in [-0.1, -0.05) is 201 Å². The Morgan fingerprint density at radius 2 is 1.24 bits per heavy atom. The van der Waals surface area contributed by atoms with Gasteiger partial charge >= 0.3 is 0 Å². The van der Waals surface area contributed by atoms with E-state index in [4.69, 9.17) is 0 Å². The lowest BCUT2D eigenvalue weighted by Gasteiger charge is -2.22. The van der Waals surface area contributed by atoms with Crippen molar-refractivity contribution in [2.75, 3.05) is 6.54 Å². The second-order valence-corrected chi connectivity index (χ2v) is 20.9. The van der Waals surface area contributed by atoms with Gasteiger partial charge in [-0.05, 0) is 107 Å². The van der Waals surface area contributed by atoms with Crippen molar-refractivity contribution in [2.24, 2.45) is 0 Å². The summed E-state index contributed by atoms with van der Waals surface area (Å²) in [5.74, 6) is 0. The zero-order chi connectivity index (χ0) is 48.7.